The third-order valence-corrected chi connectivity index (χ3v) is 0. The van der Waals surface area contributed by atoms with Gasteiger partial charge < -0.3 is 4.79 Å². The summed E-state index contributed by atoms with van der Waals surface area (Å²) < 4.78 is 9.15. The molecule has 0 aliphatic heterocycles. The molecule has 0 bridgehead atoms. The van der Waals surface area contributed by atoms with E-state index < -0.39 is 8.03 Å². The zero-order valence-corrected chi connectivity index (χ0v) is 5.18. The standard InChI is InChI=1S/C2H4O.CH3O2P.CH4/c1-2-3;1-4(2)3;/h2H,1H3;1H3;1H4/p+1. The second kappa shape index (κ2) is 15.9. The van der Waals surface area contributed by atoms with Gasteiger partial charge in [0.05, 0.1) is 0 Å². The molecule has 0 aliphatic carbocycles. The molecule has 3 nitrogen and oxygen atoms in total. The SMILES string of the molecule is C.CC=O.C[P+](=O)O. The molecular formula is C4H12O3P+. The van der Waals surface area contributed by atoms with Crippen LogP contribution >= 0.6 is 8.03 Å². The van der Waals surface area contributed by atoms with Crippen LogP contribution in [0.1, 0.15) is 14.4 Å². The summed E-state index contributed by atoms with van der Waals surface area (Å²) in [5.74, 6) is 0. The minimum Gasteiger partial charge on any atom is -0.304 e. The summed E-state index contributed by atoms with van der Waals surface area (Å²) in [6.07, 6.45) is 0.750. The molecule has 1 atom stereocenters. The summed E-state index contributed by atoms with van der Waals surface area (Å²) >= 11 is 0. The van der Waals surface area contributed by atoms with Gasteiger partial charge in [-0.25, -0.2) is 0 Å². The molecule has 1 unspecified atom stereocenters. The van der Waals surface area contributed by atoms with Gasteiger partial charge in [0, 0.05) is 0 Å². The van der Waals surface area contributed by atoms with E-state index in [1.54, 1.807) is 0 Å². The van der Waals surface area contributed by atoms with Crippen LogP contribution in [-0.2, 0) is 9.36 Å². The van der Waals surface area contributed by atoms with Crippen molar-refractivity contribution in [2.45, 2.75) is 14.4 Å². The smallest absolute Gasteiger partial charge is 0.304 e. The largest absolute Gasteiger partial charge is 0.502 e. The van der Waals surface area contributed by atoms with E-state index in [9.17, 15) is 0 Å². The lowest BCUT2D eigenvalue weighted by atomic mass is 11.0. The van der Waals surface area contributed by atoms with E-state index in [2.05, 4.69) is 0 Å². The molecule has 1 N–H and O–H groups in total. The van der Waals surface area contributed by atoms with Crippen LogP contribution in [0.3, 0.4) is 0 Å². The van der Waals surface area contributed by atoms with E-state index in [1.807, 2.05) is 0 Å². The van der Waals surface area contributed by atoms with Crippen molar-refractivity contribution >= 4 is 14.3 Å². The Labute approximate surface area is 50.6 Å². The minimum absolute atomic E-state index is 0. The van der Waals surface area contributed by atoms with Gasteiger partial charge in [0.1, 0.15) is 6.29 Å². The van der Waals surface area contributed by atoms with E-state index in [4.69, 9.17) is 14.3 Å². The third-order valence-electron chi connectivity index (χ3n) is 0. The number of carbonyl (C=O) groups excluding carboxylic acids is 1. The molecule has 0 spiro atoms. The normalized spacial score (nSPS) is 7.12. The molecule has 0 amide bonds. The van der Waals surface area contributed by atoms with Gasteiger partial charge in [0.15, 0.2) is 6.66 Å². The summed E-state index contributed by atoms with van der Waals surface area (Å²) in [7, 11) is -1.87. The highest BCUT2D eigenvalue weighted by atomic mass is 31.1. The molecule has 50 valence electrons. The van der Waals surface area contributed by atoms with E-state index in [0.717, 1.165) is 6.29 Å². The molecule has 0 aromatic rings. The van der Waals surface area contributed by atoms with Crippen LogP contribution in [-0.4, -0.2) is 17.8 Å². The Hall–Kier alpha value is -0.270. The Morgan fingerprint density at radius 3 is 1.62 bits per heavy atom. The second-order valence-electron chi connectivity index (χ2n) is 0.700. The first-order valence-corrected chi connectivity index (χ1v) is 3.30. The molecule has 0 radical (unpaired) electrons. The molecule has 0 aromatic carbocycles. The number of carbonyl (C=O) groups is 1. The molecule has 0 aromatic heterocycles. The van der Waals surface area contributed by atoms with Gasteiger partial charge in [0.2, 0.25) is 0 Å². The number of hydrogen-bond donors (Lipinski definition) is 1. The first kappa shape index (κ1) is 15.6. The fourth-order valence-electron chi connectivity index (χ4n) is 0. The van der Waals surface area contributed by atoms with Crippen LogP contribution in [0.25, 0.3) is 0 Å². The monoisotopic (exact) mass is 139 g/mol. The first-order chi connectivity index (χ1) is 3.15. The second-order valence-corrected chi connectivity index (χ2v) is 1.63. The number of hydrogen-bond acceptors (Lipinski definition) is 2. The van der Waals surface area contributed by atoms with Gasteiger partial charge in [-0.3, -0.25) is 0 Å². The fourth-order valence-corrected chi connectivity index (χ4v) is 0. The number of aldehydes is 1. The average molecular weight is 139 g/mol. The molecule has 0 fully saturated rings. The zero-order chi connectivity index (χ0) is 6.28. The predicted octanol–water partition coefficient (Wildman–Crippen LogP) is 1.19. The van der Waals surface area contributed by atoms with Crippen molar-refractivity contribution in [3.8, 4) is 0 Å². The highest BCUT2D eigenvalue weighted by Gasteiger charge is 1.86. The summed E-state index contributed by atoms with van der Waals surface area (Å²) in [6.45, 7) is 2.68. The van der Waals surface area contributed by atoms with Gasteiger partial charge in [0.25, 0.3) is 0 Å². The lowest BCUT2D eigenvalue weighted by Gasteiger charge is -1.36. The minimum atomic E-state index is -1.87. The molecular weight excluding hydrogens is 127 g/mol. The number of rotatable bonds is 0. The maximum atomic E-state index is 9.15. The van der Waals surface area contributed by atoms with Crippen LogP contribution in [0.5, 0.6) is 0 Å². The van der Waals surface area contributed by atoms with Crippen LogP contribution in [0.2, 0.25) is 0 Å². The Morgan fingerprint density at radius 1 is 1.62 bits per heavy atom. The predicted molar refractivity (Wildman–Crippen MR) is 34.2 cm³/mol. The van der Waals surface area contributed by atoms with Crippen molar-refractivity contribution in [3.05, 3.63) is 0 Å². The lowest BCUT2D eigenvalue weighted by Crippen LogP contribution is -1.36. The van der Waals surface area contributed by atoms with Crippen molar-refractivity contribution in [2.75, 3.05) is 6.66 Å². The summed E-state index contributed by atoms with van der Waals surface area (Å²) in [5.41, 5.74) is 0. The molecule has 0 saturated heterocycles. The van der Waals surface area contributed by atoms with Crippen LogP contribution in [0, 0.1) is 0 Å². The average Bonchev–Trinajstić information content (AvgIpc) is 1.33. The zero-order valence-electron chi connectivity index (χ0n) is 4.29. The van der Waals surface area contributed by atoms with Gasteiger partial charge in [-0.05, 0) is 11.5 Å². The maximum absolute atomic E-state index is 9.15. The Morgan fingerprint density at radius 2 is 1.62 bits per heavy atom. The highest BCUT2D eigenvalue weighted by Crippen LogP contribution is 1.99. The van der Waals surface area contributed by atoms with Gasteiger partial charge >= 0.3 is 8.03 Å². The summed E-state index contributed by atoms with van der Waals surface area (Å²) in [6, 6.07) is 0. The molecule has 8 heavy (non-hydrogen) atoms. The van der Waals surface area contributed by atoms with Gasteiger partial charge in [-0.2, -0.15) is 4.89 Å². The third kappa shape index (κ3) is 1760. The van der Waals surface area contributed by atoms with Gasteiger partial charge in [-0.1, -0.05) is 7.43 Å². The topological polar surface area (TPSA) is 54.4 Å². The first-order valence-electron chi connectivity index (χ1n) is 1.64. The summed E-state index contributed by atoms with van der Waals surface area (Å²) in [5, 5.41) is 0. The Bertz CT molecular complexity index is 58.3. The Balaban J connectivity index is -0.0000000575. The summed E-state index contributed by atoms with van der Waals surface area (Å²) in [4.78, 5) is 16.4. The van der Waals surface area contributed by atoms with Crippen LogP contribution in [0.4, 0.5) is 0 Å². The molecule has 0 heterocycles. The molecule has 0 aliphatic rings. The Kier molecular flexibility index (Phi) is 31.1. The van der Waals surface area contributed by atoms with Gasteiger partial charge in [-0.15, -0.1) is 0 Å². The van der Waals surface area contributed by atoms with Crippen molar-refractivity contribution in [3.63, 3.8) is 0 Å². The molecule has 4 heteroatoms. The van der Waals surface area contributed by atoms with Crippen LogP contribution in [0.15, 0.2) is 0 Å². The molecule has 0 saturated carbocycles. The van der Waals surface area contributed by atoms with E-state index in [-0.39, 0.29) is 7.43 Å². The lowest BCUT2D eigenvalue weighted by molar-refractivity contribution is -0.106. The van der Waals surface area contributed by atoms with Crippen molar-refractivity contribution in [1.29, 1.82) is 0 Å². The van der Waals surface area contributed by atoms with Crippen molar-refractivity contribution < 1.29 is 14.3 Å². The maximum Gasteiger partial charge on any atom is 0.502 e. The highest BCUT2D eigenvalue weighted by molar-refractivity contribution is 7.36. The van der Waals surface area contributed by atoms with Crippen LogP contribution < -0.4 is 0 Å². The van der Waals surface area contributed by atoms with Crippen molar-refractivity contribution in [2.24, 2.45) is 0 Å². The van der Waals surface area contributed by atoms with Crippen molar-refractivity contribution in [1.82, 2.24) is 0 Å². The van der Waals surface area contributed by atoms with E-state index in [0.29, 0.717) is 0 Å². The van der Waals surface area contributed by atoms with E-state index in [1.165, 1.54) is 13.6 Å². The fraction of sp³-hybridized carbons (Fsp3) is 0.750. The van der Waals surface area contributed by atoms with E-state index >= 15 is 0 Å². The molecule has 0 rings (SSSR count). The quantitative estimate of drug-likeness (QED) is 0.405.